The molecular weight excluding hydrogens is 164 g/mol. The summed E-state index contributed by atoms with van der Waals surface area (Å²) in [5.41, 5.74) is 7.42. The molecule has 70 valence electrons. The van der Waals surface area contributed by atoms with Gasteiger partial charge in [-0.1, -0.05) is 13.3 Å². The van der Waals surface area contributed by atoms with Crippen molar-refractivity contribution in [1.29, 1.82) is 5.53 Å². The first kappa shape index (κ1) is 9.71. The van der Waals surface area contributed by atoms with Gasteiger partial charge in [-0.15, -0.1) is 0 Å². The van der Waals surface area contributed by atoms with E-state index in [2.05, 4.69) is 12.0 Å². The van der Waals surface area contributed by atoms with Gasteiger partial charge < -0.3 is 4.74 Å². The number of nitrogens with one attached hydrogen (secondary N) is 1. The maximum atomic E-state index is 6.77. The predicted molar refractivity (Wildman–Crippen MR) is 51.7 cm³/mol. The maximum Gasteiger partial charge on any atom is 0.119 e. The molecule has 0 spiro atoms. The average molecular weight is 178 g/mol. The summed E-state index contributed by atoms with van der Waals surface area (Å²) in [7, 11) is 0. The number of unbranched alkanes of at least 4 members (excludes halogenated alkanes) is 1. The summed E-state index contributed by atoms with van der Waals surface area (Å²) in [6.45, 7) is 2.89. The summed E-state index contributed by atoms with van der Waals surface area (Å²) in [6, 6.07) is 7.22. The van der Waals surface area contributed by atoms with Crippen molar-refractivity contribution in [3.63, 3.8) is 0 Å². The summed E-state index contributed by atoms with van der Waals surface area (Å²) in [4.78, 5) is 0. The minimum absolute atomic E-state index is 0.655. The molecule has 0 fully saturated rings. The Kier molecular flexibility index (Phi) is 3.96. The first-order valence-corrected chi connectivity index (χ1v) is 4.47. The normalized spacial score (nSPS) is 9.62. The van der Waals surface area contributed by atoms with Crippen LogP contribution in [0, 0.1) is 5.53 Å². The lowest BCUT2D eigenvalue weighted by molar-refractivity contribution is 0.309. The number of benzene rings is 1. The van der Waals surface area contributed by atoms with Gasteiger partial charge in [-0.2, -0.15) is 5.11 Å². The van der Waals surface area contributed by atoms with E-state index in [4.69, 9.17) is 10.3 Å². The summed E-state index contributed by atoms with van der Waals surface area (Å²) in [5.74, 6) is 0.848. The molecule has 0 unspecified atom stereocenters. The Bertz CT molecular complexity index is 256. The second kappa shape index (κ2) is 5.30. The quantitative estimate of drug-likeness (QED) is 0.544. The van der Waals surface area contributed by atoms with Crippen LogP contribution in [0.4, 0.5) is 5.69 Å². The molecule has 13 heavy (non-hydrogen) atoms. The molecule has 3 heteroatoms. The summed E-state index contributed by atoms with van der Waals surface area (Å²) >= 11 is 0. The first-order valence-electron chi connectivity index (χ1n) is 4.47. The Balaban J connectivity index is 2.44. The maximum absolute atomic E-state index is 6.77. The molecule has 0 radical (unpaired) electrons. The van der Waals surface area contributed by atoms with Crippen molar-refractivity contribution in [1.82, 2.24) is 0 Å². The van der Waals surface area contributed by atoms with Gasteiger partial charge in [-0.3, -0.25) is 0 Å². The second-order valence-electron chi connectivity index (χ2n) is 2.81. The third-order valence-corrected chi connectivity index (χ3v) is 1.73. The molecule has 1 aromatic carbocycles. The van der Waals surface area contributed by atoms with Crippen molar-refractivity contribution in [3.05, 3.63) is 24.3 Å². The topological polar surface area (TPSA) is 45.4 Å². The van der Waals surface area contributed by atoms with Crippen LogP contribution in [0.5, 0.6) is 5.75 Å². The fourth-order valence-corrected chi connectivity index (χ4v) is 0.951. The second-order valence-corrected chi connectivity index (χ2v) is 2.81. The van der Waals surface area contributed by atoms with Gasteiger partial charge in [0.25, 0.3) is 0 Å². The van der Waals surface area contributed by atoms with E-state index >= 15 is 0 Å². The Morgan fingerprint density at radius 1 is 1.31 bits per heavy atom. The molecule has 3 nitrogen and oxygen atoms in total. The van der Waals surface area contributed by atoms with E-state index in [1.165, 1.54) is 0 Å². The van der Waals surface area contributed by atoms with Gasteiger partial charge >= 0.3 is 0 Å². The molecule has 0 amide bonds. The van der Waals surface area contributed by atoms with E-state index in [1.54, 1.807) is 12.1 Å². The first-order chi connectivity index (χ1) is 6.36. The fourth-order valence-electron chi connectivity index (χ4n) is 0.951. The Morgan fingerprint density at radius 3 is 2.54 bits per heavy atom. The molecule has 0 atom stereocenters. The van der Waals surface area contributed by atoms with Crippen LogP contribution < -0.4 is 4.74 Å². The van der Waals surface area contributed by atoms with Gasteiger partial charge in [0, 0.05) is 0 Å². The van der Waals surface area contributed by atoms with E-state index in [1.807, 2.05) is 12.1 Å². The molecule has 0 saturated heterocycles. The standard InChI is InChI=1S/C10H14N2O/c1-2-3-8-13-10-6-4-9(12-11)5-7-10/h4-7,11H,2-3,8H2,1H3. The van der Waals surface area contributed by atoms with E-state index in [-0.39, 0.29) is 0 Å². The van der Waals surface area contributed by atoms with Crippen LogP contribution in [0.3, 0.4) is 0 Å². The molecule has 0 bridgehead atoms. The average Bonchev–Trinajstić information content (AvgIpc) is 2.19. The highest BCUT2D eigenvalue weighted by Gasteiger charge is 1.93. The molecule has 0 aliphatic heterocycles. The van der Waals surface area contributed by atoms with Crippen molar-refractivity contribution in [2.75, 3.05) is 6.61 Å². The number of nitrogens with zero attached hydrogens (tertiary/aromatic N) is 1. The van der Waals surface area contributed by atoms with Crippen LogP contribution in [-0.4, -0.2) is 6.61 Å². The lowest BCUT2D eigenvalue weighted by Crippen LogP contribution is -1.95. The van der Waals surface area contributed by atoms with Crippen LogP contribution in [0.1, 0.15) is 19.8 Å². The lowest BCUT2D eigenvalue weighted by Gasteiger charge is -2.04. The molecule has 1 aromatic rings. The molecule has 0 aromatic heterocycles. The molecule has 0 heterocycles. The van der Waals surface area contributed by atoms with Gasteiger partial charge in [0.1, 0.15) is 5.75 Å². The van der Waals surface area contributed by atoms with E-state index in [0.29, 0.717) is 5.69 Å². The van der Waals surface area contributed by atoms with Gasteiger partial charge in [-0.05, 0) is 30.7 Å². The highest BCUT2D eigenvalue weighted by molar-refractivity contribution is 5.40. The van der Waals surface area contributed by atoms with E-state index < -0.39 is 0 Å². The number of rotatable bonds is 5. The molecular formula is C10H14N2O. The van der Waals surface area contributed by atoms with E-state index in [0.717, 1.165) is 25.2 Å². The zero-order valence-corrected chi connectivity index (χ0v) is 7.79. The van der Waals surface area contributed by atoms with Gasteiger partial charge in [0.05, 0.1) is 12.3 Å². The minimum atomic E-state index is 0.655. The number of hydrogen-bond acceptors (Lipinski definition) is 3. The Labute approximate surface area is 78.2 Å². The van der Waals surface area contributed by atoms with Crippen molar-refractivity contribution in [3.8, 4) is 5.75 Å². The molecule has 0 aliphatic carbocycles. The van der Waals surface area contributed by atoms with Crippen LogP contribution in [-0.2, 0) is 0 Å². The van der Waals surface area contributed by atoms with Crippen LogP contribution >= 0.6 is 0 Å². The summed E-state index contributed by atoms with van der Waals surface area (Å²) in [5, 5.41) is 3.30. The smallest absolute Gasteiger partial charge is 0.119 e. The predicted octanol–water partition coefficient (Wildman–Crippen LogP) is 3.53. The van der Waals surface area contributed by atoms with Crippen molar-refractivity contribution in [2.24, 2.45) is 5.11 Å². The number of ether oxygens (including phenoxy) is 1. The zero-order chi connectivity index (χ0) is 9.52. The molecule has 1 N–H and O–H groups in total. The largest absolute Gasteiger partial charge is 0.494 e. The van der Waals surface area contributed by atoms with Gasteiger partial charge in [-0.25, -0.2) is 5.53 Å². The van der Waals surface area contributed by atoms with E-state index in [9.17, 15) is 0 Å². The van der Waals surface area contributed by atoms with Gasteiger partial charge in [0.15, 0.2) is 0 Å². The highest BCUT2D eigenvalue weighted by Crippen LogP contribution is 2.17. The Morgan fingerprint density at radius 2 is 2.00 bits per heavy atom. The third-order valence-electron chi connectivity index (χ3n) is 1.73. The zero-order valence-electron chi connectivity index (χ0n) is 7.79. The molecule has 0 aliphatic rings. The van der Waals surface area contributed by atoms with Crippen molar-refractivity contribution >= 4 is 5.69 Å². The monoisotopic (exact) mass is 178 g/mol. The van der Waals surface area contributed by atoms with Crippen LogP contribution in [0.2, 0.25) is 0 Å². The number of hydrogen-bond donors (Lipinski definition) is 1. The fraction of sp³-hybridized carbons (Fsp3) is 0.400. The van der Waals surface area contributed by atoms with Crippen molar-refractivity contribution < 1.29 is 4.74 Å². The summed E-state index contributed by atoms with van der Waals surface area (Å²) < 4.78 is 5.44. The third kappa shape index (κ3) is 3.23. The van der Waals surface area contributed by atoms with Crippen molar-refractivity contribution in [2.45, 2.75) is 19.8 Å². The summed E-state index contributed by atoms with van der Waals surface area (Å²) in [6.07, 6.45) is 2.21. The molecule has 0 saturated carbocycles. The van der Waals surface area contributed by atoms with Gasteiger partial charge in [0.2, 0.25) is 0 Å². The molecule has 1 rings (SSSR count). The lowest BCUT2D eigenvalue weighted by atomic mass is 10.3. The Hall–Kier alpha value is -1.38. The van der Waals surface area contributed by atoms with Crippen LogP contribution in [0.25, 0.3) is 0 Å². The SMILES string of the molecule is CCCCOc1ccc(N=N)cc1. The van der Waals surface area contributed by atoms with Crippen LogP contribution in [0.15, 0.2) is 29.4 Å². The highest BCUT2D eigenvalue weighted by atomic mass is 16.5. The minimum Gasteiger partial charge on any atom is -0.494 e.